The first kappa shape index (κ1) is 11.6. The van der Waals surface area contributed by atoms with E-state index in [0.29, 0.717) is 19.0 Å². The molecule has 0 aliphatic heterocycles. The Labute approximate surface area is 108 Å². The molecule has 0 unspecified atom stereocenters. The van der Waals surface area contributed by atoms with Gasteiger partial charge in [0.1, 0.15) is 0 Å². The molecule has 5 nitrogen and oxygen atoms in total. The first-order valence-electron chi connectivity index (χ1n) is 5.25. The molecule has 1 fully saturated rings. The van der Waals surface area contributed by atoms with E-state index in [0.717, 1.165) is 16.4 Å². The topological polar surface area (TPSA) is 66.9 Å². The molecule has 1 amide bonds. The van der Waals surface area contributed by atoms with Crippen LogP contribution < -0.4 is 10.6 Å². The molecule has 1 aromatic rings. The number of carbonyl (C=O) groups is 1. The van der Waals surface area contributed by atoms with Crippen LogP contribution in [0.25, 0.3) is 0 Å². The van der Waals surface area contributed by atoms with Crippen molar-refractivity contribution in [3.8, 4) is 0 Å². The minimum absolute atomic E-state index is 0.172. The summed E-state index contributed by atoms with van der Waals surface area (Å²) in [7, 11) is 0. The molecule has 0 aromatic carbocycles. The Morgan fingerprint density at radius 2 is 2.06 bits per heavy atom. The molecule has 0 saturated heterocycles. The fourth-order valence-electron chi connectivity index (χ4n) is 1.25. The Balaban J connectivity index is 1.63. The molecule has 0 bridgehead atoms. The molecule has 0 spiro atoms. The lowest BCUT2D eigenvalue weighted by Gasteiger charge is -2.05. The Bertz CT molecular complexity index is 364. The number of aromatic nitrogens is 2. The zero-order valence-corrected chi connectivity index (χ0v) is 10.9. The van der Waals surface area contributed by atoms with Crippen LogP contribution in [0.3, 0.4) is 0 Å². The van der Waals surface area contributed by atoms with Gasteiger partial charge in [0.15, 0.2) is 0 Å². The van der Waals surface area contributed by atoms with Crippen LogP contribution in [0, 0.1) is 9.49 Å². The predicted octanol–water partition coefficient (Wildman–Crippen LogP) is 1.02. The van der Waals surface area contributed by atoms with Gasteiger partial charge < -0.3 is 10.6 Å². The van der Waals surface area contributed by atoms with Gasteiger partial charge in [-0.3, -0.25) is 4.79 Å². The second-order valence-electron chi connectivity index (χ2n) is 3.72. The van der Waals surface area contributed by atoms with E-state index in [-0.39, 0.29) is 11.8 Å². The average molecular weight is 332 g/mol. The van der Waals surface area contributed by atoms with Gasteiger partial charge in [-0.15, -0.1) is 0 Å². The normalized spacial score (nSPS) is 14.6. The van der Waals surface area contributed by atoms with Crippen LogP contribution in [-0.4, -0.2) is 29.0 Å². The maximum absolute atomic E-state index is 11.3. The zero-order chi connectivity index (χ0) is 11.4. The molecule has 0 radical (unpaired) electrons. The summed E-state index contributed by atoms with van der Waals surface area (Å²) in [6, 6.07) is 0. The Morgan fingerprint density at radius 1 is 1.38 bits per heavy atom. The third-order valence-corrected chi connectivity index (χ3v) is 2.83. The van der Waals surface area contributed by atoms with Crippen molar-refractivity contribution < 1.29 is 4.79 Å². The lowest BCUT2D eigenvalue weighted by atomic mass is 10.4. The van der Waals surface area contributed by atoms with E-state index in [4.69, 9.17) is 0 Å². The fraction of sp³-hybridized carbons (Fsp3) is 0.500. The van der Waals surface area contributed by atoms with Crippen LogP contribution in [0.2, 0.25) is 0 Å². The minimum atomic E-state index is 0.172. The van der Waals surface area contributed by atoms with Crippen molar-refractivity contribution in [2.75, 3.05) is 18.4 Å². The summed E-state index contributed by atoms with van der Waals surface area (Å²) < 4.78 is 1.00. The SMILES string of the molecule is O=C(NCCNc1ncc(I)cn1)C1CC1. The van der Waals surface area contributed by atoms with Gasteiger partial charge in [-0.2, -0.15) is 0 Å². The average Bonchev–Trinajstić information content (AvgIpc) is 3.10. The second kappa shape index (κ2) is 5.42. The molecule has 2 rings (SSSR count). The number of hydrogen-bond acceptors (Lipinski definition) is 4. The molecule has 1 heterocycles. The first-order valence-corrected chi connectivity index (χ1v) is 6.33. The van der Waals surface area contributed by atoms with Crippen LogP contribution in [0.1, 0.15) is 12.8 Å². The summed E-state index contributed by atoms with van der Waals surface area (Å²) in [5.41, 5.74) is 0. The van der Waals surface area contributed by atoms with E-state index in [1.54, 1.807) is 12.4 Å². The van der Waals surface area contributed by atoms with Crippen LogP contribution in [0.15, 0.2) is 12.4 Å². The fourth-order valence-corrected chi connectivity index (χ4v) is 1.53. The molecule has 1 aliphatic carbocycles. The molecular formula is C10H13IN4O. The minimum Gasteiger partial charge on any atom is -0.354 e. The van der Waals surface area contributed by atoms with Gasteiger partial charge >= 0.3 is 0 Å². The van der Waals surface area contributed by atoms with Crippen molar-refractivity contribution in [2.24, 2.45) is 5.92 Å². The third kappa shape index (κ3) is 3.58. The second-order valence-corrected chi connectivity index (χ2v) is 4.96. The number of amides is 1. The quantitative estimate of drug-likeness (QED) is 0.624. The van der Waals surface area contributed by atoms with Gasteiger partial charge in [0, 0.05) is 35.0 Å². The van der Waals surface area contributed by atoms with E-state index in [1.165, 1.54) is 0 Å². The van der Waals surface area contributed by atoms with Crippen molar-refractivity contribution in [1.82, 2.24) is 15.3 Å². The van der Waals surface area contributed by atoms with Gasteiger partial charge in [0.25, 0.3) is 0 Å². The first-order chi connectivity index (χ1) is 7.75. The third-order valence-electron chi connectivity index (χ3n) is 2.28. The van der Waals surface area contributed by atoms with Crippen LogP contribution in [0.5, 0.6) is 0 Å². The monoisotopic (exact) mass is 332 g/mol. The zero-order valence-electron chi connectivity index (χ0n) is 8.74. The van der Waals surface area contributed by atoms with E-state index in [1.807, 2.05) is 0 Å². The number of carbonyl (C=O) groups excluding carboxylic acids is 1. The summed E-state index contributed by atoms with van der Waals surface area (Å²) in [6.07, 6.45) is 5.58. The van der Waals surface area contributed by atoms with Crippen molar-refractivity contribution in [2.45, 2.75) is 12.8 Å². The summed E-state index contributed by atoms with van der Waals surface area (Å²) in [5, 5.41) is 5.91. The highest BCUT2D eigenvalue weighted by molar-refractivity contribution is 14.1. The molecule has 16 heavy (non-hydrogen) atoms. The predicted molar refractivity (Wildman–Crippen MR) is 69.0 cm³/mol. The van der Waals surface area contributed by atoms with Crippen LogP contribution >= 0.6 is 22.6 Å². The van der Waals surface area contributed by atoms with E-state index < -0.39 is 0 Å². The van der Waals surface area contributed by atoms with Crippen molar-refractivity contribution >= 4 is 34.4 Å². The Morgan fingerprint density at radius 3 is 2.69 bits per heavy atom. The molecular weight excluding hydrogens is 319 g/mol. The van der Waals surface area contributed by atoms with E-state index >= 15 is 0 Å². The maximum Gasteiger partial charge on any atom is 0.223 e. The number of hydrogen-bond donors (Lipinski definition) is 2. The lowest BCUT2D eigenvalue weighted by Crippen LogP contribution is -2.30. The summed E-state index contributed by atoms with van der Waals surface area (Å²) in [5.74, 6) is 1.04. The molecule has 0 atom stereocenters. The van der Waals surface area contributed by atoms with E-state index in [9.17, 15) is 4.79 Å². The van der Waals surface area contributed by atoms with Gasteiger partial charge in [-0.25, -0.2) is 9.97 Å². The maximum atomic E-state index is 11.3. The van der Waals surface area contributed by atoms with E-state index in [2.05, 4.69) is 43.2 Å². The Kier molecular flexibility index (Phi) is 3.92. The Hall–Kier alpha value is -0.920. The summed E-state index contributed by atoms with van der Waals surface area (Å²) in [4.78, 5) is 19.5. The highest BCUT2D eigenvalue weighted by atomic mass is 127. The molecule has 2 N–H and O–H groups in total. The standard InChI is InChI=1S/C10H13IN4O/c11-8-5-14-10(15-6-8)13-4-3-12-9(16)7-1-2-7/h5-7H,1-4H2,(H,12,16)(H,13,14,15). The van der Waals surface area contributed by atoms with Gasteiger partial charge in [-0.05, 0) is 35.4 Å². The van der Waals surface area contributed by atoms with Crippen molar-refractivity contribution in [3.05, 3.63) is 16.0 Å². The smallest absolute Gasteiger partial charge is 0.223 e. The summed E-state index contributed by atoms with van der Waals surface area (Å²) >= 11 is 2.15. The highest BCUT2D eigenvalue weighted by Gasteiger charge is 2.28. The number of rotatable bonds is 5. The molecule has 1 aliphatic rings. The molecule has 1 saturated carbocycles. The highest BCUT2D eigenvalue weighted by Crippen LogP contribution is 2.28. The van der Waals surface area contributed by atoms with Crippen molar-refractivity contribution in [3.63, 3.8) is 0 Å². The largest absolute Gasteiger partial charge is 0.354 e. The molecule has 1 aromatic heterocycles. The van der Waals surface area contributed by atoms with Crippen LogP contribution in [-0.2, 0) is 4.79 Å². The lowest BCUT2D eigenvalue weighted by molar-refractivity contribution is -0.122. The van der Waals surface area contributed by atoms with Crippen LogP contribution in [0.4, 0.5) is 5.95 Å². The van der Waals surface area contributed by atoms with Gasteiger partial charge in [0.2, 0.25) is 11.9 Å². The molecule has 6 heteroatoms. The molecule has 86 valence electrons. The van der Waals surface area contributed by atoms with Gasteiger partial charge in [-0.1, -0.05) is 0 Å². The number of nitrogens with one attached hydrogen (secondary N) is 2. The number of nitrogens with zero attached hydrogens (tertiary/aromatic N) is 2. The number of halogens is 1. The van der Waals surface area contributed by atoms with Gasteiger partial charge in [0.05, 0.1) is 0 Å². The van der Waals surface area contributed by atoms with Crippen molar-refractivity contribution in [1.29, 1.82) is 0 Å². The summed E-state index contributed by atoms with van der Waals surface area (Å²) in [6.45, 7) is 1.27. The number of anilines is 1.